The second-order valence-corrected chi connectivity index (χ2v) is 10.1. The number of rotatable bonds is 6. The zero-order chi connectivity index (χ0) is 20.6. The first-order chi connectivity index (χ1) is 13.9. The maximum absolute atomic E-state index is 13.0. The molecular weight excluding hydrogens is 388 g/mol. The monoisotopic (exact) mass is 412 g/mol. The van der Waals surface area contributed by atoms with Crippen molar-refractivity contribution >= 4 is 33.0 Å². The summed E-state index contributed by atoms with van der Waals surface area (Å²) in [5, 5.41) is 1.87. The number of para-hydroxylation sites is 1. The summed E-state index contributed by atoms with van der Waals surface area (Å²) in [5.74, 6) is -0.0625. The largest absolute Gasteiger partial charge is 0.326 e. The summed E-state index contributed by atoms with van der Waals surface area (Å²) in [7, 11) is -3.65. The molecule has 1 atom stereocenters. The van der Waals surface area contributed by atoms with Crippen molar-refractivity contribution in [3.63, 3.8) is 0 Å². The zero-order valence-electron chi connectivity index (χ0n) is 16.3. The van der Waals surface area contributed by atoms with Crippen molar-refractivity contribution in [1.29, 1.82) is 0 Å². The number of fused-ring (bicyclic) bond motifs is 1. The van der Waals surface area contributed by atoms with Crippen LogP contribution in [0.15, 0.2) is 53.4 Å². The van der Waals surface area contributed by atoms with Gasteiger partial charge in [-0.05, 0) is 62.1 Å². The van der Waals surface area contributed by atoms with E-state index in [0.29, 0.717) is 18.7 Å². The van der Waals surface area contributed by atoms with Crippen LogP contribution in [-0.2, 0) is 25.8 Å². The molecule has 0 radical (unpaired) electrons. The standard InChI is InChI=1S/C22H24N2O4S/c1-15(13-21(25)23-18-5-3-2-4-6-18)29(27,28)19-9-10-20-17(14-19)11-12-24(20)22(26)16-7-8-16/h2-6,9-10,14-16H,7-8,11-13H2,1H3,(H,23,25). The highest BCUT2D eigenvalue weighted by Crippen LogP contribution is 2.37. The van der Waals surface area contributed by atoms with Gasteiger partial charge in [0.15, 0.2) is 9.84 Å². The zero-order valence-corrected chi connectivity index (χ0v) is 17.1. The molecule has 1 unspecified atom stereocenters. The van der Waals surface area contributed by atoms with Gasteiger partial charge in [-0.2, -0.15) is 0 Å². The molecular formula is C22H24N2O4S. The van der Waals surface area contributed by atoms with E-state index in [4.69, 9.17) is 0 Å². The predicted octanol–water partition coefficient (Wildman–Crippen LogP) is 3.18. The Morgan fingerprint density at radius 1 is 1.14 bits per heavy atom. The maximum atomic E-state index is 13.0. The van der Waals surface area contributed by atoms with Crippen LogP contribution in [0.1, 0.15) is 31.7 Å². The van der Waals surface area contributed by atoms with Crippen molar-refractivity contribution in [2.75, 3.05) is 16.8 Å². The minimum atomic E-state index is -3.65. The van der Waals surface area contributed by atoms with Gasteiger partial charge in [0.25, 0.3) is 0 Å². The van der Waals surface area contributed by atoms with Gasteiger partial charge in [0.1, 0.15) is 0 Å². The highest BCUT2D eigenvalue weighted by molar-refractivity contribution is 7.92. The fourth-order valence-corrected chi connectivity index (χ4v) is 5.07. The predicted molar refractivity (Wildman–Crippen MR) is 112 cm³/mol. The van der Waals surface area contributed by atoms with E-state index in [1.165, 1.54) is 0 Å². The Morgan fingerprint density at radius 3 is 2.55 bits per heavy atom. The van der Waals surface area contributed by atoms with Crippen LogP contribution in [0.4, 0.5) is 11.4 Å². The Morgan fingerprint density at radius 2 is 1.86 bits per heavy atom. The summed E-state index contributed by atoms with van der Waals surface area (Å²) in [6, 6.07) is 13.9. The molecule has 6 nitrogen and oxygen atoms in total. The fourth-order valence-electron chi connectivity index (χ4n) is 3.67. The SMILES string of the molecule is CC(CC(=O)Nc1ccccc1)S(=O)(=O)c1ccc2c(c1)CCN2C(=O)C1CC1. The highest BCUT2D eigenvalue weighted by Gasteiger charge is 2.37. The number of carbonyl (C=O) groups is 2. The molecule has 152 valence electrons. The highest BCUT2D eigenvalue weighted by atomic mass is 32.2. The molecule has 0 saturated heterocycles. The number of nitrogens with one attached hydrogen (secondary N) is 1. The number of nitrogens with zero attached hydrogens (tertiary/aromatic N) is 1. The van der Waals surface area contributed by atoms with Gasteiger partial charge < -0.3 is 10.2 Å². The van der Waals surface area contributed by atoms with E-state index in [0.717, 1.165) is 24.1 Å². The smallest absolute Gasteiger partial charge is 0.230 e. The number of amides is 2. The number of carbonyl (C=O) groups excluding carboxylic acids is 2. The van der Waals surface area contributed by atoms with E-state index in [2.05, 4.69) is 5.32 Å². The van der Waals surface area contributed by atoms with Crippen LogP contribution in [0.3, 0.4) is 0 Å². The van der Waals surface area contributed by atoms with E-state index < -0.39 is 15.1 Å². The summed E-state index contributed by atoms with van der Waals surface area (Å²) < 4.78 is 26.0. The molecule has 7 heteroatoms. The lowest BCUT2D eigenvalue weighted by Crippen LogP contribution is -2.30. The van der Waals surface area contributed by atoms with Gasteiger partial charge in [-0.1, -0.05) is 18.2 Å². The minimum absolute atomic E-state index is 0.124. The summed E-state index contributed by atoms with van der Waals surface area (Å²) in [4.78, 5) is 26.6. The third kappa shape index (κ3) is 4.05. The summed E-state index contributed by atoms with van der Waals surface area (Å²) in [6.45, 7) is 2.15. The first-order valence-corrected chi connectivity index (χ1v) is 11.4. The van der Waals surface area contributed by atoms with Gasteiger partial charge in [0, 0.05) is 30.3 Å². The molecule has 1 heterocycles. The Balaban J connectivity index is 1.47. The molecule has 2 amide bonds. The number of hydrogen-bond acceptors (Lipinski definition) is 4. The molecule has 0 spiro atoms. The summed E-state index contributed by atoms with van der Waals surface area (Å²) in [5.41, 5.74) is 2.33. The van der Waals surface area contributed by atoms with Crippen LogP contribution in [-0.4, -0.2) is 32.0 Å². The molecule has 4 rings (SSSR count). The molecule has 1 aliphatic carbocycles. The van der Waals surface area contributed by atoms with Gasteiger partial charge in [-0.25, -0.2) is 8.42 Å². The van der Waals surface area contributed by atoms with Crippen LogP contribution in [0.25, 0.3) is 0 Å². The molecule has 1 saturated carbocycles. The van der Waals surface area contributed by atoms with E-state index in [-0.39, 0.29) is 29.0 Å². The molecule has 0 aromatic heterocycles. The molecule has 29 heavy (non-hydrogen) atoms. The second kappa shape index (κ2) is 7.63. The molecule has 1 fully saturated rings. The van der Waals surface area contributed by atoms with Crippen LogP contribution >= 0.6 is 0 Å². The molecule has 2 aromatic carbocycles. The number of anilines is 2. The second-order valence-electron chi connectivity index (χ2n) is 7.78. The molecule has 2 aromatic rings. The van der Waals surface area contributed by atoms with Gasteiger partial charge in [0.05, 0.1) is 10.1 Å². The Hall–Kier alpha value is -2.67. The number of hydrogen-bond donors (Lipinski definition) is 1. The lowest BCUT2D eigenvalue weighted by molar-refractivity contribution is -0.119. The fraction of sp³-hybridized carbons (Fsp3) is 0.364. The normalized spacial score (nSPS) is 16.9. The van der Waals surface area contributed by atoms with Crippen LogP contribution < -0.4 is 10.2 Å². The van der Waals surface area contributed by atoms with Crippen molar-refractivity contribution in [2.24, 2.45) is 5.92 Å². The lowest BCUT2D eigenvalue weighted by Gasteiger charge is -2.18. The molecule has 1 aliphatic heterocycles. The molecule has 0 bridgehead atoms. The van der Waals surface area contributed by atoms with Crippen molar-refractivity contribution in [3.8, 4) is 0 Å². The van der Waals surface area contributed by atoms with Gasteiger partial charge in [-0.15, -0.1) is 0 Å². The topological polar surface area (TPSA) is 83.6 Å². The Labute approximate surface area is 170 Å². The van der Waals surface area contributed by atoms with Crippen molar-refractivity contribution in [2.45, 2.75) is 42.8 Å². The summed E-state index contributed by atoms with van der Waals surface area (Å²) in [6.07, 6.45) is 2.42. The van der Waals surface area contributed by atoms with Gasteiger partial charge in [0.2, 0.25) is 11.8 Å². The van der Waals surface area contributed by atoms with Gasteiger partial charge >= 0.3 is 0 Å². The van der Waals surface area contributed by atoms with E-state index >= 15 is 0 Å². The lowest BCUT2D eigenvalue weighted by atomic mass is 10.2. The Bertz CT molecular complexity index is 1050. The van der Waals surface area contributed by atoms with Crippen LogP contribution in [0.5, 0.6) is 0 Å². The van der Waals surface area contributed by atoms with Crippen LogP contribution in [0, 0.1) is 5.92 Å². The van der Waals surface area contributed by atoms with Gasteiger partial charge in [-0.3, -0.25) is 9.59 Å². The molecule has 2 aliphatic rings. The summed E-state index contributed by atoms with van der Waals surface area (Å²) >= 11 is 0. The minimum Gasteiger partial charge on any atom is -0.326 e. The van der Waals surface area contributed by atoms with Crippen molar-refractivity contribution in [1.82, 2.24) is 0 Å². The molecule has 1 N–H and O–H groups in total. The van der Waals surface area contributed by atoms with E-state index in [1.54, 1.807) is 54.3 Å². The van der Waals surface area contributed by atoms with Crippen molar-refractivity contribution < 1.29 is 18.0 Å². The third-order valence-corrected chi connectivity index (χ3v) is 7.66. The van der Waals surface area contributed by atoms with E-state index in [9.17, 15) is 18.0 Å². The average Bonchev–Trinajstić information content (AvgIpc) is 3.47. The number of sulfone groups is 1. The van der Waals surface area contributed by atoms with Crippen molar-refractivity contribution in [3.05, 3.63) is 54.1 Å². The first-order valence-electron chi connectivity index (χ1n) is 9.89. The quantitative estimate of drug-likeness (QED) is 0.790. The average molecular weight is 413 g/mol. The van der Waals surface area contributed by atoms with Crippen LogP contribution in [0.2, 0.25) is 0 Å². The first kappa shape index (κ1) is 19.6. The maximum Gasteiger partial charge on any atom is 0.230 e. The number of benzene rings is 2. The van der Waals surface area contributed by atoms with E-state index in [1.807, 2.05) is 6.07 Å². The Kier molecular flexibility index (Phi) is 5.17. The third-order valence-electron chi connectivity index (χ3n) is 5.53.